The summed E-state index contributed by atoms with van der Waals surface area (Å²) in [5.74, 6) is 0. The number of halogens is 1. The topological polar surface area (TPSA) is 83.7 Å². The number of aromatic nitrogens is 2. The third kappa shape index (κ3) is 2.63. The molecule has 2 N–H and O–H groups in total. The molecule has 0 fully saturated rings. The number of hydrogen-bond donors (Lipinski definition) is 2. The van der Waals surface area contributed by atoms with Crippen LogP contribution < -0.4 is 4.72 Å². The van der Waals surface area contributed by atoms with Gasteiger partial charge in [-0.05, 0) is 20.8 Å². The van der Waals surface area contributed by atoms with Gasteiger partial charge in [0.25, 0.3) is 10.0 Å². The van der Waals surface area contributed by atoms with E-state index in [9.17, 15) is 13.5 Å². The first-order valence-electron chi connectivity index (χ1n) is 5.48. The van der Waals surface area contributed by atoms with Gasteiger partial charge in [0.2, 0.25) is 0 Å². The van der Waals surface area contributed by atoms with Gasteiger partial charge in [-0.2, -0.15) is 0 Å². The average Bonchev–Trinajstić information content (AvgIpc) is 2.73. The van der Waals surface area contributed by atoms with Gasteiger partial charge in [0.05, 0.1) is 11.6 Å². The second kappa shape index (κ2) is 4.71. The molecule has 0 radical (unpaired) electrons. The molecule has 6 nitrogen and oxygen atoms in total. The fraction of sp³-hybridized carbons (Fsp3) is 0.500. The lowest BCUT2D eigenvalue weighted by Gasteiger charge is -2.28. The molecule has 0 aliphatic rings. The second-order valence-corrected chi connectivity index (χ2v) is 7.60. The van der Waals surface area contributed by atoms with Gasteiger partial charge in [-0.1, -0.05) is 11.6 Å². The Kier molecular flexibility index (Phi) is 3.65. The molecule has 2 aromatic heterocycles. The normalized spacial score (nSPS) is 15.0. The molecule has 106 valence electrons. The van der Waals surface area contributed by atoms with Gasteiger partial charge in [0, 0.05) is 11.6 Å². The van der Waals surface area contributed by atoms with Gasteiger partial charge in [0.1, 0.15) is 0 Å². The van der Waals surface area contributed by atoms with Gasteiger partial charge in [-0.15, -0.1) is 11.3 Å². The first-order chi connectivity index (χ1) is 8.65. The van der Waals surface area contributed by atoms with E-state index in [1.54, 1.807) is 25.4 Å². The number of rotatable bonds is 4. The Morgan fingerprint density at radius 1 is 1.58 bits per heavy atom. The zero-order chi connectivity index (χ0) is 14.4. The first kappa shape index (κ1) is 14.7. The summed E-state index contributed by atoms with van der Waals surface area (Å²) in [6.07, 6.45) is 0.731. The first-order valence-corrected chi connectivity index (χ1v) is 8.22. The Morgan fingerprint density at radius 2 is 2.21 bits per heavy atom. The van der Waals surface area contributed by atoms with E-state index >= 15 is 0 Å². The summed E-state index contributed by atoms with van der Waals surface area (Å²) in [4.78, 5) is 4.48. The van der Waals surface area contributed by atoms with E-state index in [4.69, 9.17) is 11.6 Å². The molecule has 19 heavy (non-hydrogen) atoms. The lowest BCUT2D eigenvalue weighted by molar-refractivity contribution is 0.111. The van der Waals surface area contributed by atoms with Gasteiger partial charge >= 0.3 is 0 Å². The third-order valence-corrected chi connectivity index (χ3v) is 5.70. The van der Waals surface area contributed by atoms with Gasteiger partial charge < -0.3 is 5.11 Å². The smallest absolute Gasteiger partial charge is 0.260 e. The maximum absolute atomic E-state index is 12.4. The Labute approximate surface area is 120 Å². The third-order valence-electron chi connectivity index (χ3n) is 2.87. The van der Waals surface area contributed by atoms with Crippen molar-refractivity contribution < 1.29 is 13.5 Å². The average molecular weight is 324 g/mol. The maximum Gasteiger partial charge on any atom is 0.260 e. The molecule has 0 aliphatic carbocycles. The van der Waals surface area contributed by atoms with Crippen LogP contribution in [0, 0.1) is 0 Å². The summed E-state index contributed by atoms with van der Waals surface area (Å²) in [7, 11) is -3.88. The molecule has 9 heteroatoms. The summed E-state index contributed by atoms with van der Waals surface area (Å²) in [5, 5.41) is 11.1. The number of nitrogens with one attached hydrogen (secondary N) is 1. The molecule has 0 saturated heterocycles. The molecule has 1 unspecified atom stereocenters. The van der Waals surface area contributed by atoms with Crippen molar-refractivity contribution in [2.24, 2.45) is 0 Å². The number of thiazole rings is 1. The SMILES string of the molecule is CC(O)C(C)(C)NS(=O)(=O)c1c(Cl)nc2sccn12. The zero-order valence-electron chi connectivity index (χ0n) is 10.6. The minimum Gasteiger partial charge on any atom is -0.391 e. The molecule has 0 bridgehead atoms. The predicted octanol–water partition coefficient (Wildman–Crippen LogP) is 1.49. The van der Waals surface area contributed by atoms with Crippen molar-refractivity contribution in [2.45, 2.75) is 37.4 Å². The van der Waals surface area contributed by atoms with Crippen LogP contribution in [-0.2, 0) is 10.0 Å². The van der Waals surface area contributed by atoms with Crippen molar-refractivity contribution in [3.63, 3.8) is 0 Å². The highest BCUT2D eigenvalue weighted by atomic mass is 35.5. The molecule has 2 heterocycles. The van der Waals surface area contributed by atoms with Crippen LogP contribution in [0.2, 0.25) is 5.15 Å². The largest absolute Gasteiger partial charge is 0.391 e. The van der Waals surface area contributed by atoms with Crippen molar-refractivity contribution >= 4 is 37.9 Å². The van der Waals surface area contributed by atoms with Crippen LogP contribution in [0.5, 0.6) is 0 Å². The van der Waals surface area contributed by atoms with Gasteiger partial charge in [0.15, 0.2) is 15.1 Å². The fourth-order valence-corrected chi connectivity index (χ4v) is 4.39. The molecule has 2 rings (SSSR count). The Hall–Kier alpha value is -0.670. The van der Waals surface area contributed by atoms with Crippen LogP contribution >= 0.6 is 22.9 Å². The molecule has 0 saturated carbocycles. The van der Waals surface area contributed by atoms with Crippen LogP contribution in [0.1, 0.15) is 20.8 Å². The minimum absolute atomic E-state index is 0.0826. The van der Waals surface area contributed by atoms with Gasteiger partial charge in [-0.3, -0.25) is 4.40 Å². The van der Waals surface area contributed by atoms with E-state index in [1.165, 1.54) is 22.7 Å². The lowest BCUT2D eigenvalue weighted by Crippen LogP contribution is -2.51. The van der Waals surface area contributed by atoms with E-state index in [0.29, 0.717) is 4.96 Å². The van der Waals surface area contributed by atoms with Crippen LogP contribution in [0.3, 0.4) is 0 Å². The summed E-state index contributed by atoms with van der Waals surface area (Å²) in [6, 6.07) is 0. The molecule has 0 aromatic carbocycles. The highest BCUT2D eigenvalue weighted by molar-refractivity contribution is 7.89. The van der Waals surface area contributed by atoms with Crippen LogP contribution in [0.4, 0.5) is 0 Å². The molecular weight excluding hydrogens is 310 g/mol. The van der Waals surface area contributed by atoms with Crippen LogP contribution in [-0.4, -0.2) is 34.6 Å². The molecule has 0 aliphatic heterocycles. The number of sulfonamides is 1. The van der Waals surface area contributed by atoms with E-state index in [2.05, 4.69) is 9.71 Å². The molecule has 1 atom stereocenters. The molecule has 2 aromatic rings. The summed E-state index contributed by atoms with van der Waals surface area (Å²) < 4.78 is 28.6. The highest BCUT2D eigenvalue weighted by Crippen LogP contribution is 2.26. The number of aliphatic hydroxyl groups excluding tert-OH is 1. The van der Waals surface area contributed by atoms with Crippen molar-refractivity contribution in [1.82, 2.24) is 14.1 Å². The molecule has 0 amide bonds. The monoisotopic (exact) mass is 323 g/mol. The van der Waals surface area contributed by atoms with E-state index in [1.807, 2.05) is 0 Å². The summed E-state index contributed by atoms with van der Waals surface area (Å²) >= 11 is 7.18. The van der Waals surface area contributed by atoms with E-state index < -0.39 is 21.7 Å². The number of imidazole rings is 1. The standard InChI is InChI=1S/C10H14ClN3O3S2/c1-6(15)10(2,3)13-19(16,17)8-7(11)12-9-14(8)4-5-18-9/h4-6,13,15H,1-3H3. The highest BCUT2D eigenvalue weighted by Gasteiger charge is 2.34. The number of aliphatic hydroxyl groups is 1. The van der Waals surface area contributed by atoms with Crippen molar-refractivity contribution in [1.29, 1.82) is 0 Å². The fourth-order valence-electron chi connectivity index (χ4n) is 1.46. The minimum atomic E-state index is -3.88. The number of nitrogens with zero attached hydrogens (tertiary/aromatic N) is 2. The Morgan fingerprint density at radius 3 is 2.79 bits per heavy atom. The lowest BCUT2D eigenvalue weighted by atomic mass is 10.0. The molecular formula is C10H14ClN3O3S2. The maximum atomic E-state index is 12.4. The second-order valence-electron chi connectivity index (χ2n) is 4.77. The van der Waals surface area contributed by atoms with E-state index in [-0.39, 0.29) is 10.2 Å². The zero-order valence-corrected chi connectivity index (χ0v) is 13.0. The Balaban J connectivity index is 2.51. The summed E-state index contributed by atoms with van der Waals surface area (Å²) in [6.45, 7) is 4.70. The van der Waals surface area contributed by atoms with Crippen molar-refractivity contribution in [3.8, 4) is 0 Å². The van der Waals surface area contributed by atoms with Gasteiger partial charge in [-0.25, -0.2) is 18.1 Å². The van der Waals surface area contributed by atoms with Crippen LogP contribution in [0.15, 0.2) is 16.6 Å². The molecule has 0 spiro atoms. The summed E-state index contributed by atoms with van der Waals surface area (Å²) in [5.41, 5.74) is -1.01. The van der Waals surface area contributed by atoms with Crippen molar-refractivity contribution in [3.05, 3.63) is 16.7 Å². The number of hydrogen-bond acceptors (Lipinski definition) is 5. The van der Waals surface area contributed by atoms with Crippen LogP contribution in [0.25, 0.3) is 4.96 Å². The number of fused-ring (bicyclic) bond motifs is 1. The quantitative estimate of drug-likeness (QED) is 0.893. The Bertz CT molecular complexity index is 703. The van der Waals surface area contributed by atoms with Crippen molar-refractivity contribution in [2.75, 3.05) is 0 Å². The van der Waals surface area contributed by atoms with E-state index in [0.717, 1.165) is 0 Å². The predicted molar refractivity (Wildman–Crippen MR) is 74.2 cm³/mol.